The van der Waals surface area contributed by atoms with Gasteiger partial charge in [-0.15, -0.1) is 0 Å². The zero-order valence-corrected chi connectivity index (χ0v) is 42.8. The summed E-state index contributed by atoms with van der Waals surface area (Å²) >= 11 is 0. The first-order valence-electron chi connectivity index (χ1n) is 27.8. The molecule has 0 fully saturated rings. The minimum atomic E-state index is -0.574. The third-order valence-electron chi connectivity index (χ3n) is 12.1. The molecule has 64 heavy (non-hydrogen) atoms. The normalized spacial score (nSPS) is 12.6. The van der Waals surface area contributed by atoms with E-state index < -0.39 is 6.10 Å². The molecule has 1 unspecified atom stereocenters. The fourth-order valence-corrected chi connectivity index (χ4v) is 7.93. The van der Waals surface area contributed by atoms with Crippen LogP contribution in [0.3, 0.4) is 0 Å². The minimum absolute atomic E-state index is 0.0566. The van der Waals surface area contributed by atoms with Gasteiger partial charge < -0.3 is 14.2 Å². The minimum Gasteiger partial charge on any atom is -0.462 e. The maximum Gasteiger partial charge on any atom is 0.306 e. The molecule has 1 atom stereocenters. The highest BCUT2D eigenvalue weighted by Crippen LogP contribution is 2.16. The van der Waals surface area contributed by atoms with Gasteiger partial charge in [-0.05, 0) is 70.6 Å². The number of carbonyl (C=O) groups excluding carboxylic acids is 2. The van der Waals surface area contributed by atoms with Crippen LogP contribution in [-0.4, -0.2) is 37.9 Å². The van der Waals surface area contributed by atoms with Crippen LogP contribution < -0.4 is 0 Å². The molecule has 0 saturated carbocycles. The number of hydrogen-bond acceptors (Lipinski definition) is 5. The molecular weight excluding hydrogens is 789 g/mol. The third-order valence-corrected chi connectivity index (χ3v) is 12.1. The van der Waals surface area contributed by atoms with E-state index in [0.717, 1.165) is 57.8 Å². The second-order valence-corrected chi connectivity index (χ2v) is 18.5. The quantitative estimate of drug-likeness (QED) is 0.0346. The number of carbonyl (C=O) groups is 2. The molecule has 0 aromatic carbocycles. The monoisotopic (exact) mass is 895 g/mol. The van der Waals surface area contributed by atoms with Crippen LogP contribution in [-0.2, 0) is 23.8 Å². The second kappa shape index (κ2) is 54.9. The standard InChI is InChI=1S/C59H106O5/c1-4-7-10-13-16-19-22-25-27-29-31-33-36-39-42-45-48-51-54-62-55-57(64-59(61)53-50-47-44-41-38-34-24-21-18-15-12-9-6-3)56-63-58(60)52-49-46-43-40-37-35-32-30-28-26-23-20-17-14-11-8-5-2/h9,12,18,21,26,28,34,38,44,47,57H,4-8,10-11,13-17,19-20,22-25,27,29-33,35-37,39-43,45-46,48-56H2,1-3H3/b12-9-,21-18-,28-26-,38-34-,47-44-. The number of rotatable bonds is 51. The van der Waals surface area contributed by atoms with Crippen molar-refractivity contribution < 1.29 is 23.8 Å². The van der Waals surface area contributed by atoms with Gasteiger partial charge in [0.1, 0.15) is 6.61 Å². The topological polar surface area (TPSA) is 61.8 Å². The van der Waals surface area contributed by atoms with Gasteiger partial charge >= 0.3 is 11.9 Å². The lowest BCUT2D eigenvalue weighted by molar-refractivity contribution is -0.162. The molecule has 0 aromatic heterocycles. The molecule has 0 rings (SSSR count). The zero-order valence-electron chi connectivity index (χ0n) is 42.8. The van der Waals surface area contributed by atoms with Crippen molar-refractivity contribution in [2.75, 3.05) is 19.8 Å². The van der Waals surface area contributed by atoms with Crippen molar-refractivity contribution in [1.29, 1.82) is 0 Å². The van der Waals surface area contributed by atoms with Gasteiger partial charge in [-0.25, -0.2) is 0 Å². The Labute approximate surface area is 398 Å². The Morgan fingerprint density at radius 2 is 0.734 bits per heavy atom. The Balaban J connectivity index is 4.29. The lowest BCUT2D eigenvalue weighted by Gasteiger charge is -2.18. The third kappa shape index (κ3) is 52.2. The van der Waals surface area contributed by atoms with Crippen molar-refractivity contribution in [2.24, 2.45) is 0 Å². The van der Waals surface area contributed by atoms with Gasteiger partial charge in [-0.2, -0.15) is 0 Å². The molecule has 5 nitrogen and oxygen atoms in total. The largest absolute Gasteiger partial charge is 0.462 e. The summed E-state index contributed by atoms with van der Waals surface area (Å²) in [6.07, 6.45) is 69.7. The molecule has 0 aromatic rings. The first-order chi connectivity index (χ1) is 31.6. The average molecular weight is 895 g/mol. The van der Waals surface area contributed by atoms with Gasteiger partial charge in [-0.1, -0.05) is 255 Å². The van der Waals surface area contributed by atoms with Gasteiger partial charge in [0.15, 0.2) is 6.10 Å². The number of hydrogen-bond donors (Lipinski definition) is 0. The highest BCUT2D eigenvalue weighted by molar-refractivity contribution is 5.70. The van der Waals surface area contributed by atoms with E-state index in [1.807, 2.05) is 6.08 Å². The highest BCUT2D eigenvalue weighted by Gasteiger charge is 2.17. The van der Waals surface area contributed by atoms with Crippen LogP contribution in [0.25, 0.3) is 0 Å². The molecule has 0 N–H and O–H groups in total. The molecule has 0 heterocycles. The van der Waals surface area contributed by atoms with Crippen molar-refractivity contribution in [3.05, 3.63) is 60.8 Å². The summed E-state index contributed by atoms with van der Waals surface area (Å²) in [5.41, 5.74) is 0. The van der Waals surface area contributed by atoms with Crippen molar-refractivity contribution in [2.45, 2.75) is 284 Å². The second-order valence-electron chi connectivity index (χ2n) is 18.5. The summed E-state index contributed by atoms with van der Waals surface area (Å²) in [6, 6.07) is 0. The first kappa shape index (κ1) is 61.6. The van der Waals surface area contributed by atoms with Gasteiger partial charge in [0.2, 0.25) is 0 Å². The van der Waals surface area contributed by atoms with Crippen molar-refractivity contribution in [3.8, 4) is 0 Å². The Morgan fingerprint density at radius 3 is 1.19 bits per heavy atom. The van der Waals surface area contributed by atoms with E-state index in [0.29, 0.717) is 25.9 Å². The average Bonchev–Trinajstić information content (AvgIpc) is 3.30. The maximum absolute atomic E-state index is 12.8. The molecule has 5 heteroatoms. The Bertz CT molecular complexity index is 1100. The van der Waals surface area contributed by atoms with E-state index in [2.05, 4.69) is 75.5 Å². The molecule has 0 radical (unpaired) electrons. The fourth-order valence-electron chi connectivity index (χ4n) is 7.93. The van der Waals surface area contributed by atoms with Crippen LogP contribution in [0, 0.1) is 0 Å². The van der Waals surface area contributed by atoms with Gasteiger partial charge in [0.25, 0.3) is 0 Å². The Morgan fingerprint density at radius 1 is 0.359 bits per heavy atom. The number of ether oxygens (including phenoxy) is 3. The molecule has 372 valence electrons. The Hall–Kier alpha value is -2.40. The van der Waals surface area contributed by atoms with Crippen molar-refractivity contribution in [1.82, 2.24) is 0 Å². The lowest BCUT2D eigenvalue weighted by atomic mass is 10.0. The van der Waals surface area contributed by atoms with E-state index in [1.165, 1.54) is 180 Å². The smallest absolute Gasteiger partial charge is 0.306 e. The SMILES string of the molecule is CC/C=C\C/C=C\C/C=C\C/C=C\CCC(=O)OC(COCCCCCCCCCCCCCCCCCCCC)COC(=O)CCCCCCCCC/C=C\CCCCCCCC. The summed E-state index contributed by atoms with van der Waals surface area (Å²) in [7, 11) is 0. The summed E-state index contributed by atoms with van der Waals surface area (Å²) in [4.78, 5) is 25.4. The fraction of sp³-hybridized carbons (Fsp3) is 0.797. The van der Waals surface area contributed by atoms with Crippen LogP contribution >= 0.6 is 0 Å². The van der Waals surface area contributed by atoms with Crippen LogP contribution in [0.4, 0.5) is 0 Å². The first-order valence-corrected chi connectivity index (χ1v) is 27.8. The predicted molar refractivity (Wildman–Crippen MR) is 279 cm³/mol. The van der Waals surface area contributed by atoms with Crippen LogP contribution in [0.2, 0.25) is 0 Å². The van der Waals surface area contributed by atoms with Crippen LogP contribution in [0.5, 0.6) is 0 Å². The zero-order chi connectivity index (χ0) is 46.3. The van der Waals surface area contributed by atoms with Crippen molar-refractivity contribution in [3.63, 3.8) is 0 Å². The number of allylic oxidation sites excluding steroid dienone is 10. The van der Waals surface area contributed by atoms with Crippen LogP contribution in [0.1, 0.15) is 278 Å². The molecular formula is C59H106O5. The summed E-state index contributed by atoms with van der Waals surface area (Å²) in [6.45, 7) is 7.67. The molecule has 0 spiro atoms. The predicted octanol–water partition coefficient (Wildman–Crippen LogP) is 18.9. The van der Waals surface area contributed by atoms with Gasteiger partial charge in [0.05, 0.1) is 6.61 Å². The Kier molecular flexibility index (Phi) is 52.9. The van der Waals surface area contributed by atoms with Crippen molar-refractivity contribution >= 4 is 11.9 Å². The van der Waals surface area contributed by atoms with E-state index in [4.69, 9.17) is 14.2 Å². The molecule has 0 saturated heterocycles. The maximum atomic E-state index is 12.8. The number of unbranched alkanes of at least 4 members (excludes halogenated alkanes) is 30. The van der Waals surface area contributed by atoms with Gasteiger partial charge in [-0.3, -0.25) is 9.59 Å². The summed E-state index contributed by atoms with van der Waals surface area (Å²) in [5, 5.41) is 0. The molecule has 0 bridgehead atoms. The highest BCUT2D eigenvalue weighted by atomic mass is 16.6. The molecule has 0 aliphatic carbocycles. The van der Waals surface area contributed by atoms with E-state index in [-0.39, 0.29) is 25.2 Å². The number of esters is 2. The molecule has 0 aliphatic heterocycles. The van der Waals surface area contributed by atoms with E-state index >= 15 is 0 Å². The van der Waals surface area contributed by atoms with Gasteiger partial charge in [0, 0.05) is 19.4 Å². The lowest BCUT2D eigenvalue weighted by Crippen LogP contribution is -2.30. The van der Waals surface area contributed by atoms with Crippen LogP contribution in [0.15, 0.2) is 60.8 Å². The van der Waals surface area contributed by atoms with E-state index in [1.54, 1.807) is 0 Å². The summed E-state index contributed by atoms with van der Waals surface area (Å²) < 4.78 is 17.4. The summed E-state index contributed by atoms with van der Waals surface area (Å²) in [5.74, 6) is -0.485. The molecule has 0 aliphatic rings. The van der Waals surface area contributed by atoms with E-state index in [9.17, 15) is 9.59 Å². The molecule has 0 amide bonds.